The molecule has 2 aromatic carbocycles. The van der Waals surface area contributed by atoms with Gasteiger partial charge in [-0.25, -0.2) is 9.59 Å². The highest BCUT2D eigenvalue weighted by Gasteiger charge is 2.09. The molecule has 192 valence electrons. The Morgan fingerprint density at radius 1 is 0.757 bits per heavy atom. The van der Waals surface area contributed by atoms with Crippen molar-refractivity contribution in [3.63, 3.8) is 0 Å². The Kier molecular flexibility index (Phi) is 13.2. The summed E-state index contributed by atoms with van der Waals surface area (Å²) >= 11 is 6.70. The number of nitrogens with zero attached hydrogens (tertiary/aromatic N) is 2. The number of ether oxygens (including phenoxy) is 2. The lowest BCUT2D eigenvalue weighted by Gasteiger charge is -2.06. The molecule has 4 rings (SSSR count). The smallest absolute Gasteiger partial charge is 0.338 e. The van der Waals surface area contributed by atoms with E-state index in [1.54, 1.807) is 50.8 Å². The molecule has 0 aliphatic carbocycles. The van der Waals surface area contributed by atoms with Crippen LogP contribution in [0.1, 0.15) is 40.1 Å². The number of benzene rings is 2. The number of carbonyl (C=O) groups excluding carboxylic acids is 2. The Bertz CT molecular complexity index is 1280. The van der Waals surface area contributed by atoms with Gasteiger partial charge in [-0.3, -0.25) is 9.97 Å². The van der Waals surface area contributed by atoms with Crippen LogP contribution in [0, 0.1) is 6.92 Å². The van der Waals surface area contributed by atoms with Crippen LogP contribution in [0.25, 0.3) is 11.1 Å². The summed E-state index contributed by atoms with van der Waals surface area (Å²) in [5.74, 6) is -0.550. The molecule has 37 heavy (non-hydrogen) atoms. The van der Waals surface area contributed by atoms with Crippen molar-refractivity contribution < 1.29 is 19.1 Å². The second-order valence-corrected chi connectivity index (χ2v) is 9.19. The molecule has 0 fully saturated rings. The van der Waals surface area contributed by atoms with Crippen LogP contribution in [0.4, 0.5) is 0 Å². The molecular formula is C29H28Br2N2O4. The minimum absolute atomic E-state index is 0.249. The van der Waals surface area contributed by atoms with Gasteiger partial charge in [0.1, 0.15) is 0 Å². The van der Waals surface area contributed by atoms with Gasteiger partial charge in [-0.1, -0.05) is 29.8 Å². The van der Waals surface area contributed by atoms with E-state index in [2.05, 4.69) is 41.8 Å². The third kappa shape index (κ3) is 10.7. The first-order valence-electron chi connectivity index (χ1n) is 11.5. The molecule has 0 unspecified atom stereocenters. The summed E-state index contributed by atoms with van der Waals surface area (Å²) in [4.78, 5) is 30.7. The lowest BCUT2D eigenvalue weighted by Crippen LogP contribution is -2.04. The second-order valence-electron chi connectivity index (χ2n) is 7.42. The first-order chi connectivity index (χ1) is 17.8. The summed E-state index contributed by atoms with van der Waals surface area (Å²) in [5, 5.41) is 0. The molecule has 0 spiro atoms. The first kappa shape index (κ1) is 29.9. The fourth-order valence-corrected chi connectivity index (χ4v) is 3.72. The highest BCUT2D eigenvalue weighted by atomic mass is 79.9. The average Bonchev–Trinajstić information content (AvgIpc) is 2.90. The number of rotatable bonds is 5. The number of carbonyl (C=O) groups is 2. The van der Waals surface area contributed by atoms with E-state index in [-0.39, 0.29) is 11.9 Å². The number of halogens is 2. The molecule has 4 aromatic rings. The monoisotopic (exact) mass is 626 g/mol. The van der Waals surface area contributed by atoms with E-state index < -0.39 is 0 Å². The topological polar surface area (TPSA) is 78.4 Å². The van der Waals surface area contributed by atoms with Gasteiger partial charge in [-0.15, -0.1) is 0 Å². The lowest BCUT2D eigenvalue weighted by molar-refractivity contribution is 0.0516. The molecule has 2 heterocycles. The number of pyridine rings is 2. The van der Waals surface area contributed by atoms with Gasteiger partial charge in [0.15, 0.2) is 0 Å². The third-order valence-corrected chi connectivity index (χ3v) is 5.71. The number of hydrogen-bond acceptors (Lipinski definition) is 6. The van der Waals surface area contributed by atoms with Crippen LogP contribution in [-0.4, -0.2) is 35.1 Å². The Morgan fingerprint density at radius 2 is 1.38 bits per heavy atom. The van der Waals surface area contributed by atoms with Crippen LogP contribution in [0.5, 0.6) is 0 Å². The number of esters is 2. The van der Waals surface area contributed by atoms with Crippen molar-refractivity contribution in [1.29, 1.82) is 0 Å². The minimum atomic E-state index is -0.301. The third-order valence-electron chi connectivity index (χ3n) is 4.61. The van der Waals surface area contributed by atoms with Crippen molar-refractivity contribution in [3.05, 3.63) is 117 Å². The SMILES string of the molecule is Brc1cccnc1.CCOC(=O)c1cccc(-c2ccncc2Br)c1.CCOC(=O)c1cccc(C)c1. The molecule has 0 aliphatic rings. The van der Waals surface area contributed by atoms with Gasteiger partial charge in [0.25, 0.3) is 0 Å². The average molecular weight is 628 g/mol. The molecule has 0 atom stereocenters. The van der Waals surface area contributed by atoms with Crippen LogP contribution in [0.15, 0.2) is 100 Å². The Morgan fingerprint density at radius 3 is 1.89 bits per heavy atom. The van der Waals surface area contributed by atoms with Gasteiger partial charge in [0.2, 0.25) is 0 Å². The molecule has 0 N–H and O–H groups in total. The maximum absolute atomic E-state index is 11.7. The predicted octanol–water partition coefficient (Wildman–Crippen LogP) is 7.70. The zero-order valence-electron chi connectivity index (χ0n) is 20.9. The minimum Gasteiger partial charge on any atom is -0.462 e. The standard InChI is InChI=1S/C14H12BrNO2.C10H12O2.C5H4BrN/c1-2-18-14(17)11-5-3-4-10(8-11)12-6-7-16-9-13(12)15;1-3-12-10(11)9-6-4-5-8(2)7-9;6-5-2-1-3-7-4-5/h3-9H,2H2,1H3;4-7H,3H2,1-2H3;1-4H. The normalized spacial score (nSPS) is 9.65. The first-order valence-corrected chi connectivity index (χ1v) is 13.1. The van der Waals surface area contributed by atoms with E-state index in [9.17, 15) is 9.59 Å². The second kappa shape index (κ2) is 16.4. The van der Waals surface area contributed by atoms with Gasteiger partial charge >= 0.3 is 11.9 Å². The molecule has 6 nitrogen and oxygen atoms in total. The van der Waals surface area contributed by atoms with E-state index in [0.717, 1.165) is 25.6 Å². The van der Waals surface area contributed by atoms with Crippen LogP contribution in [0.2, 0.25) is 0 Å². The van der Waals surface area contributed by atoms with Crippen LogP contribution in [-0.2, 0) is 9.47 Å². The Labute approximate surface area is 234 Å². The van der Waals surface area contributed by atoms with Crippen LogP contribution in [0.3, 0.4) is 0 Å². The molecule has 0 amide bonds. The Balaban J connectivity index is 0.000000217. The van der Waals surface area contributed by atoms with E-state index in [0.29, 0.717) is 24.3 Å². The highest BCUT2D eigenvalue weighted by Crippen LogP contribution is 2.27. The van der Waals surface area contributed by atoms with Crippen molar-refractivity contribution >= 4 is 43.8 Å². The number of aryl methyl sites for hydroxylation is 1. The quantitative estimate of drug-likeness (QED) is 0.211. The van der Waals surface area contributed by atoms with Crippen molar-refractivity contribution in [3.8, 4) is 11.1 Å². The molecule has 0 radical (unpaired) electrons. The van der Waals surface area contributed by atoms with Gasteiger partial charge < -0.3 is 9.47 Å². The molecule has 0 aliphatic heterocycles. The molecule has 0 saturated heterocycles. The number of hydrogen-bond donors (Lipinski definition) is 0. The van der Waals surface area contributed by atoms with Crippen LogP contribution < -0.4 is 0 Å². The zero-order valence-corrected chi connectivity index (χ0v) is 24.0. The lowest BCUT2D eigenvalue weighted by atomic mass is 10.0. The fourth-order valence-electron chi connectivity index (χ4n) is 2.97. The maximum Gasteiger partial charge on any atom is 0.338 e. The molecule has 8 heteroatoms. The largest absolute Gasteiger partial charge is 0.462 e. The van der Waals surface area contributed by atoms with Crippen molar-refractivity contribution in [2.45, 2.75) is 20.8 Å². The maximum atomic E-state index is 11.7. The summed E-state index contributed by atoms with van der Waals surface area (Å²) in [6.45, 7) is 6.34. The number of aromatic nitrogens is 2. The summed E-state index contributed by atoms with van der Waals surface area (Å²) in [5.41, 5.74) is 4.20. The van der Waals surface area contributed by atoms with Gasteiger partial charge in [-0.2, -0.15) is 0 Å². The molecule has 0 bridgehead atoms. The van der Waals surface area contributed by atoms with Gasteiger partial charge in [-0.05, 0) is 106 Å². The predicted molar refractivity (Wildman–Crippen MR) is 152 cm³/mol. The van der Waals surface area contributed by atoms with Crippen LogP contribution >= 0.6 is 31.9 Å². The molecule has 0 saturated carbocycles. The summed E-state index contributed by atoms with van der Waals surface area (Å²) in [6, 6.07) is 20.4. The summed E-state index contributed by atoms with van der Waals surface area (Å²) in [7, 11) is 0. The Hall–Kier alpha value is -3.36. The van der Waals surface area contributed by atoms with Gasteiger partial charge in [0.05, 0.1) is 24.3 Å². The molecular weight excluding hydrogens is 600 g/mol. The fraction of sp³-hybridized carbons (Fsp3) is 0.172. The van der Waals surface area contributed by atoms with E-state index in [1.165, 1.54) is 0 Å². The highest BCUT2D eigenvalue weighted by molar-refractivity contribution is 9.10. The summed E-state index contributed by atoms with van der Waals surface area (Å²) in [6.07, 6.45) is 6.94. The van der Waals surface area contributed by atoms with Crippen molar-refractivity contribution in [2.24, 2.45) is 0 Å². The zero-order chi connectivity index (χ0) is 27.0. The van der Waals surface area contributed by atoms with Crippen molar-refractivity contribution in [2.75, 3.05) is 13.2 Å². The molecule has 2 aromatic heterocycles. The van der Waals surface area contributed by atoms with E-state index >= 15 is 0 Å². The summed E-state index contributed by atoms with van der Waals surface area (Å²) < 4.78 is 11.7. The van der Waals surface area contributed by atoms with Crippen molar-refractivity contribution in [1.82, 2.24) is 9.97 Å². The van der Waals surface area contributed by atoms with Gasteiger partial charge in [0, 0.05) is 33.7 Å². The van der Waals surface area contributed by atoms with E-state index in [1.807, 2.05) is 61.5 Å². The van der Waals surface area contributed by atoms with E-state index in [4.69, 9.17) is 9.47 Å².